The Kier molecular flexibility index (Phi) is 4.06. The van der Waals surface area contributed by atoms with E-state index < -0.39 is 0 Å². The Balaban J connectivity index is 2.14. The van der Waals surface area contributed by atoms with Crippen molar-refractivity contribution < 1.29 is 4.74 Å². The third kappa shape index (κ3) is 3.26. The number of halogens is 1. The van der Waals surface area contributed by atoms with E-state index >= 15 is 0 Å². The summed E-state index contributed by atoms with van der Waals surface area (Å²) in [7, 11) is 0. The molecule has 2 aromatic rings. The maximum Gasteiger partial charge on any atom is 0.165 e. The molecule has 19 heavy (non-hydrogen) atoms. The van der Waals surface area contributed by atoms with Crippen molar-refractivity contribution in [1.82, 2.24) is 9.78 Å². The van der Waals surface area contributed by atoms with Crippen molar-refractivity contribution >= 4 is 17.4 Å². The van der Waals surface area contributed by atoms with Gasteiger partial charge in [-0.2, -0.15) is 5.10 Å². The van der Waals surface area contributed by atoms with Crippen LogP contribution in [0.5, 0.6) is 11.5 Å². The Morgan fingerprint density at radius 1 is 1.47 bits per heavy atom. The van der Waals surface area contributed by atoms with Crippen molar-refractivity contribution in [1.29, 1.82) is 5.41 Å². The topological polar surface area (TPSA) is 76.9 Å². The summed E-state index contributed by atoms with van der Waals surface area (Å²) >= 11 is 6.02. The molecule has 100 valence electrons. The van der Waals surface area contributed by atoms with E-state index in [1.165, 1.54) is 0 Å². The van der Waals surface area contributed by atoms with Gasteiger partial charge in [-0.05, 0) is 18.6 Å². The molecule has 0 spiro atoms. The highest BCUT2D eigenvalue weighted by Gasteiger charge is 2.07. The highest BCUT2D eigenvalue weighted by atomic mass is 35.5. The minimum absolute atomic E-state index is 0.0627. The van der Waals surface area contributed by atoms with E-state index in [1.807, 2.05) is 10.9 Å². The zero-order valence-corrected chi connectivity index (χ0v) is 11.3. The molecule has 1 aromatic heterocycles. The van der Waals surface area contributed by atoms with Crippen molar-refractivity contribution in [3.8, 4) is 11.5 Å². The number of aryl methyl sites for hydroxylation is 1. The number of nitrogens with two attached hydrogens (primary N) is 1. The van der Waals surface area contributed by atoms with E-state index in [-0.39, 0.29) is 5.84 Å². The van der Waals surface area contributed by atoms with Crippen molar-refractivity contribution in [3.63, 3.8) is 0 Å². The summed E-state index contributed by atoms with van der Waals surface area (Å²) in [6.07, 6.45) is 4.50. The van der Waals surface area contributed by atoms with Gasteiger partial charge in [-0.15, -0.1) is 0 Å². The molecule has 0 unspecified atom stereocenters. The summed E-state index contributed by atoms with van der Waals surface area (Å²) in [4.78, 5) is 0. The second-order valence-electron chi connectivity index (χ2n) is 4.10. The third-order valence-electron chi connectivity index (χ3n) is 2.53. The lowest BCUT2D eigenvalue weighted by Crippen LogP contribution is -2.11. The summed E-state index contributed by atoms with van der Waals surface area (Å²) in [5.74, 6) is 1.18. The normalized spacial score (nSPS) is 10.4. The smallest absolute Gasteiger partial charge is 0.165 e. The second-order valence-corrected chi connectivity index (χ2v) is 4.50. The highest BCUT2D eigenvalue weighted by molar-refractivity contribution is 6.34. The Bertz CT molecular complexity index is 594. The summed E-state index contributed by atoms with van der Waals surface area (Å²) in [6.45, 7) is 2.94. The number of nitrogen functional groups attached to an aromatic ring is 1. The number of rotatable bonds is 5. The number of aromatic nitrogens is 2. The first-order valence-electron chi connectivity index (χ1n) is 5.94. The van der Waals surface area contributed by atoms with Crippen molar-refractivity contribution in [3.05, 3.63) is 41.2 Å². The van der Waals surface area contributed by atoms with Gasteiger partial charge in [-0.3, -0.25) is 10.1 Å². The molecule has 0 aliphatic carbocycles. The van der Waals surface area contributed by atoms with Gasteiger partial charge in [0, 0.05) is 18.2 Å². The number of hydrogen-bond donors (Lipinski definition) is 2. The summed E-state index contributed by atoms with van der Waals surface area (Å²) in [5.41, 5.74) is 5.89. The molecule has 0 radical (unpaired) electrons. The Hall–Kier alpha value is -2.01. The molecule has 5 nitrogen and oxygen atoms in total. The van der Waals surface area contributed by atoms with Crippen LogP contribution in [0.15, 0.2) is 30.6 Å². The van der Waals surface area contributed by atoms with E-state index in [2.05, 4.69) is 12.0 Å². The molecule has 0 saturated heterocycles. The zero-order chi connectivity index (χ0) is 13.8. The van der Waals surface area contributed by atoms with Crippen molar-refractivity contribution in [2.45, 2.75) is 19.9 Å². The fourth-order valence-corrected chi connectivity index (χ4v) is 1.93. The first-order chi connectivity index (χ1) is 9.10. The van der Waals surface area contributed by atoms with Crippen LogP contribution in [0.3, 0.4) is 0 Å². The molecule has 0 amide bonds. The third-order valence-corrected chi connectivity index (χ3v) is 2.84. The monoisotopic (exact) mass is 278 g/mol. The maximum atomic E-state index is 7.36. The maximum absolute atomic E-state index is 7.36. The molecule has 6 heteroatoms. The molecule has 1 aromatic carbocycles. The summed E-state index contributed by atoms with van der Waals surface area (Å²) in [5, 5.41) is 11.9. The molecule has 0 bridgehead atoms. The summed E-state index contributed by atoms with van der Waals surface area (Å²) in [6, 6.07) is 5.02. The molecule has 0 aliphatic heterocycles. The van der Waals surface area contributed by atoms with Gasteiger partial charge in [0.2, 0.25) is 0 Å². The summed E-state index contributed by atoms with van der Waals surface area (Å²) < 4.78 is 7.46. The van der Waals surface area contributed by atoms with Crippen LogP contribution in [0, 0.1) is 5.41 Å². The quantitative estimate of drug-likeness (QED) is 0.652. The van der Waals surface area contributed by atoms with Crippen molar-refractivity contribution in [2.24, 2.45) is 5.73 Å². The molecule has 1 heterocycles. The molecule has 0 atom stereocenters. The van der Waals surface area contributed by atoms with Crippen LogP contribution in [0.1, 0.15) is 18.9 Å². The van der Waals surface area contributed by atoms with Gasteiger partial charge in [-0.1, -0.05) is 18.5 Å². The lowest BCUT2D eigenvalue weighted by Gasteiger charge is -2.06. The van der Waals surface area contributed by atoms with Gasteiger partial charge in [0.15, 0.2) is 5.75 Å². The molecule has 3 N–H and O–H groups in total. The predicted molar refractivity (Wildman–Crippen MR) is 75.1 cm³/mol. The predicted octanol–water partition coefficient (Wildman–Crippen LogP) is 3.02. The fraction of sp³-hybridized carbons (Fsp3) is 0.231. The van der Waals surface area contributed by atoms with Crippen LogP contribution < -0.4 is 10.5 Å². The molecule has 2 rings (SSSR count). The van der Waals surface area contributed by atoms with Crippen LogP contribution in [0.2, 0.25) is 5.02 Å². The second kappa shape index (κ2) is 5.75. The molecular weight excluding hydrogens is 264 g/mol. The van der Waals surface area contributed by atoms with E-state index in [9.17, 15) is 0 Å². The highest BCUT2D eigenvalue weighted by Crippen LogP contribution is 2.26. The zero-order valence-electron chi connectivity index (χ0n) is 10.6. The number of ether oxygens (including phenoxy) is 1. The SMILES string of the molecule is CCCn1cc(Oc2ccc(C(=N)N)c(Cl)c2)cn1. The van der Waals surface area contributed by atoms with Crippen LogP contribution >= 0.6 is 11.6 Å². The number of nitrogens with zero attached hydrogens (tertiary/aromatic N) is 2. The molecule has 0 aliphatic rings. The van der Waals surface area contributed by atoms with Crippen LogP contribution in [-0.4, -0.2) is 15.6 Å². The Labute approximate surface area is 116 Å². The largest absolute Gasteiger partial charge is 0.454 e. The van der Waals surface area contributed by atoms with Gasteiger partial charge in [0.25, 0.3) is 0 Å². The standard InChI is InChI=1S/C13H15ClN4O/c1-2-5-18-8-10(7-17-18)19-9-3-4-11(13(15)16)12(14)6-9/h3-4,6-8H,2,5H2,1H3,(H3,15,16). The lowest BCUT2D eigenvalue weighted by molar-refractivity contribution is 0.480. The average molecular weight is 279 g/mol. The van der Waals surface area contributed by atoms with Crippen LogP contribution in [-0.2, 0) is 6.54 Å². The van der Waals surface area contributed by atoms with Crippen LogP contribution in [0.25, 0.3) is 0 Å². The minimum atomic E-state index is -0.0627. The number of hydrogen-bond acceptors (Lipinski definition) is 3. The number of amidine groups is 1. The van der Waals surface area contributed by atoms with E-state index in [0.717, 1.165) is 13.0 Å². The van der Waals surface area contributed by atoms with Gasteiger partial charge in [-0.25, -0.2) is 0 Å². The molecule has 0 saturated carbocycles. The van der Waals surface area contributed by atoms with Gasteiger partial charge < -0.3 is 10.5 Å². The average Bonchev–Trinajstić information content (AvgIpc) is 2.76. The molecule has 0 fully saturated rings. The first kappa shape index (κ1) is 13.4. The first-order valence-corrected chi connectivity index (χ1v) is 6.32. The fourth-order valence-electron chi connectivity index (χ4n) is 1.66. The van der Waals surface area contributed by atoms with E-state index in [4.69, 9.17) is 27.5 Å². The van der Waals surface area contributed by atoms with E-state index in [1.54, 1.807) is 24.4 Å². The van der Waals surface area contributed by atoms with Gasteiger partial charge >= 0.3 is 0 Å². The van der Waals surface area contributed by atoms with Gasteiger partial charge in [0.05, 0.1) is 17.4 Å². The Morgan fingerprint density at radius 3 is 2.89 bits per heavy atom. The Morgan fingerprint density at radius 2 is 2.26 bits per heavy atom. The van der Waals surface area contributed by atoms with Gasteiger partial charge in [0.1, 0.15) is 11.6 Å². The lowest BCUT2D eigenvalue weighted by atomic mass is 10.2. The van der Waals surface area contributed by atoms with Crippen molar-refractivity contribution in [2.75, 3.05) is 0 Å². The van der Waals surface area contributed by atoms with E-state index in [0.29, 0.717) is 22.1 Å². The number of benzene rings is 1. The van der Waals surface area contributed by atoms with Crippen LogP contribution in [0.4, 0.5) is 0 Å². The number of nitrogens with one attached hydrogen (secondary N) is 1. The minimum Gasteiger partial charge on any atom is -0.454 e. The molecular formula is C13H15ClN4O.